The maximum Gasteiger partial charge on any atom is 0.393 e. The van der Waals surface area contributed by atoms with Crippen molar-refractivity contribution in [1.82, 2.24) is 0 Å². The molecular weight excluding hydrogens is 187 g/mol. The minimum atomic E-state index is -4.43. The number of rotatable bonds is 4. The Morgan fingerprint density at radius 3 is 2.38 bits per heavy atom. The normalized spacial score (nSPS) is 13.9. The van der Waals surface area contributed by atoms with Crippen molar-refractivity contribution in [2.24, 2.45) is 11.7 Å². The van der Waals surface area contributed by atoms with Crippen LogP contribution in [0.4, 0.5) is 13.2 Å². The van der Waals surface area contributed by atoms with Gasteiger partial charge in [0.1, 0.15) is 0 Å². The van der Waals surface area contributed by atoms with Crippen LogP contribution >= 0.6 is 0 Å². The Bertz CT molecular complexity index is 170. The first-order valence-corrected chi connectivity index (χ1v) is 3.84. The molecular formula is C7H12F3NO2. The van der Waals surface area contributed by atoms with Crippen LogP contribution in [0.5, 0.6) is 0 Å². The summed E-state index contributed by atoms with van der Waals surface area (Å²) in [5.74, 6) is -2.66. The van der Waals surface area contributed by atoms with E-state index in [0.717, 1.165) is 0 Å². The molecule has 0 heterocycles. The van der Waals surface area contributed by atoms with Crippen molar-refractivity contribution in [2.45, 2.75) is 19.5 Å². The zero-order valence-corrected chi connectivity index (χ0v) is 7.23. The molecule has 0 aromatic rings. The quantitative estimate of drug-likeness (QED) is 0.689. The van der Waals surface area contributed by atoms with Crippen LogP contribution in [0.2, 0.25) is 0 Å². The fourth-order valence-electron chi connectivity index (χ4n) is 0.754. The lowest BCUT2D eigenvalue weighted by Crippen LogP contribution is -2.32. The summed E-state index contributed by atoms with van der Waals surface area (Å²) in [6, 6.07) is 0. The van der Waals surface area contributed by atoms with Gasteiger partial charge in [0.05, 0.1) is 18.9 Å². The zero-order chi connectivity index (χ0) is 10.5. The zero-order valence-electron chi connectivity index (χ0n) is 7.23. The van der Waals surface area contributed by atoms with Crippen LogP contribution < -0.4 is 5.73 Å². The van der Waals surface area contributed by atoms with Gasteiger partial charge in [0, 0.05) is 6.54 Å². The third-order valence-corrected chi connectivity index (χ3v) is 1.47. The summed E-state index contributed by atoms with van der Waals surface area (Å²) in [6.45, 7) is 1.01. The second-order valence-corrected chi connectivity index (χ2v) is 2.48. The molecule has 0 spiro atoms. The molecule has 0 rings (SSSR count). The third kappa shape index (κ3) is 4.72. The minimum Gasteiger partial charge on any atom is -0.466 e. The van der Waals surface area contributed by atoms with Gasteiger partial charge in [0.25, 0.3) is 0 Å². The number of carbonyl (C=O) groups excluding carboxylic acids is 1. The number of alkyl halides is 3. The summed E-state index contributed by atoms with van der Waals surface area (Å²) in [5.41, 5.74) is 4.88. The minimum absolute atomic E-state index is 0.0774. The van der Waals surface area contributed by atoms with Crippen molar-refractivity contribution in [3.63, 3.8) is 0 Å². The van der Waals surface area contributed by atoms with Crippen molar-refractivity contribution in [3.8, 4) is 0 Å². The van der Waals surface area contributed by atoms with E-state index in [2.05, 4.69) is 4.74 Å². The maximum absolute atomic E-state index is 12.0. The van der Waals surface area contributed by atoms with Gasteiger partial charge in [-0.15, -0.1) is 0 Å². The Hall–Kier alpha value is -0.780. The summed E-state index contributed by atoms with van der Waals surface area (Å²) in [7, 11) is 0. The maximum atomic E-state index is 12.0. The third-order valence-electron chi connectivity index (χ3n) is 1.47. The highest BCUT2D eigenvalue weighted by atomic mass is 19.4. The van der Waals surface area contributed by atoms with Crippen molar-refractivity contribution in [1.29, 1.82) is 0 Å². The molecule has 0 saturated heterocycles. The molecule has 0 unspecified atom stereocenters. The lowest BCUT2D eigenvalue weighted by atomic mass is 10.1. The highest BCUT2D eigenvalue weighted by Crippen LogP contribution is 2.28. The largest absolute Gasteiger partial charge is 0.466 e. The molecule has 0 aromatic carbocycles. The van der Waals surface area contributed by atoms with Crippen LogP contribution in [0.1, 0.15) is 13.3 Å². The predicted octanol–water partition coefficient (Wildman–Crippen LogP) is 1.08. The SMILES string of the molecule is CCOC(=O)C[C@H](CN)C(F)(F)F. The average molecular weight is 199 g/mol. The second-order valence-electron chi connectivity index (χ2n) is 2.48. The van der Waals surface area contributed by atoms with Crippen LogP contribution in [0.15, 0.2) is 0 Å². The van der Waals surface area contributed by atoms with Gasteiger partial charge in [0.15, 0.2) is 0 Å². The van der Waals surface area contributed by atoms with Gasteiger partial charge in [-0.2, -0.15) is 13.2 Å². The van der Waals surface area contributed by atoms with E-state index in [1.807, 2.05) is 0 Å². The molecule has 0 fully saturated rings. The van der Waals surface area contributed by atoms with E-state index >= 15 is 0 Å². The summed E-state index contributed by atoms with van der Waals surface area (Å²) < 4.78 is 40.5. The van der Waals surface area contributed by atoms with Gasteiger partial charge in [-0.3, -0.25) is 4.79 Å². The number of halogens is 3. The summed E-state index contributed by atoms with van der Waals surface area (Å²) >= 11 is 0. The lowest BCUT2D eigenvalue weighted by Gasteiger charge is -2.16. The Morgan fingerprint density at radius 1 is 1.54 bits per heavy atom. The van der Waals surface area contributed by atoms with Crippen LogP contribution in [0.3, 0.4) is 0 Å². The van der Waals surface area contributed by atoms with E-state index in [1.54, 1.807) is 0 Å². The first kappa shape index (κ1) is 12.2. The van der Waals surface area contributed by atoms with Gasteiger partial charge < -0.3 is 10.5 Å². The monoisotopic (exact) mass is 199 g/mol. The highest BCUT2D eigenvalue weighted by Gasteiger charge is 2.40. The average Bonchev–Trinajstić information content (AvgIpc) is 1.98. The van der Waals surface area contributed by atoms with Gasteiger partial charge in [-0.1, -0.05) is 0 Å². The molecule has 3 nitrogen and oxygen atoms in total. The number of hydrogen-bond acceptors (Lipinski definition) is 3. The highest BCUT2D eigenvalue weighted by molar-refractivity contribution is 5.69. The molecule has 6 heteroatoms. The molecule has 0 aliphatic rings. The summed E-state index contributed by atoms with van der Waals surface area (Å²) in [6.07, 6.45) is -5.13. The Labute approximate surface area is 74.0 Å². The number of nitrogens with two attached hydrogens (primary N) is 1. The Morgan fingerprint density at radius 2 is 2.08 bits per heavy atom. The first-order valence-electron chi connectivity index (χ1n) is 3.84. The van der Waals surface area contributed by atoms with Crippen LogP contribution in [-0.4, -0.2) is 25.3 Å². The topological polar surface area (TPSA) is 52.3 Å². The fourth-order valence-corrected chi connectivity index (χ4v) is 0.754. The number of ether oxygens (including phenoxy) is 1. The van der Waals surface area contributed by atoms with Crippen LogP contribution in [0.25, 0.3) is 0 Å². The molecule has 0 aromatic heterocycles. The van der Waals surface area contributed by atoms with Crippen molar-refractivity contribution >= 4 is 5.97 Å². The van der Waals surface area contributed by atoms with E-state index < -0.39 is 31.0 Å². The molecule has 0 bridgehead atoms. The Kier molecular flexibility index (Phi) is 4.76. The van der Waals surface area contributed by atoms with Gasteiger partial charge in [-0.05, 0) is 6.92 Å². The standard InChI is InChI=1S/C7H12F3NO2/c1-2-13-6(12)3-5(4-11)7(8,9)10/h5H,2-4,11H2,1H3/t5-/m1/s1. The molecule has 1 atom stereocenters. The van der Waals surface area contributed by atoms with E-state index in [4.69, 9.17) is 5.73 Å². The lowest BCUT2D eigenvalue weighted by molar-refractivity contribution is -0.182. The molecule has 78 valence electrons. The van der Waals surface area contributed by atoms with Crippen molar-refractivity contribution in [3.05, 3.63) is 0 Å². The van der Waals surface area contributed by atoms with Crippen molar-refractivity contribution < 1.29 is 22.7 Å². The Balaban J connectivity index is 4.06. The molecule has 13 heavy (non-hydrogen) atoms. The first-order chi connectivity index (χ1) is 5.91. The molecule has 2 N–H and O–H groups in total. The van der Waals surface area contributed by atoms with E-state index in [9.17, 15) is 18.0 Å². The smallest absolute Gasteiger partial charge is 0.393 e. The number of esters is 1. The predicted molar refractivity (Wildman–Crippen MR) is 39.8 cm³/mol. The number of hydrogen-bond donors (Lipinski definition) is 1. The van der Waals surface area contributed by atoms with Gasteiger partial charge >= 0.3 is 12.1 Å². The molecule has 0 aliphatic carbocycles. The summed E-state index contributed by atoms with van der Waals surface area (Å²) in [4.78, 5) is 10.7. The fraction of sp³-hybridized carbons (Fsp3) is 0.857. The van der Waals surface area contributed by atoms with Gasteiger partial charge in [0.2, 0.25) is 0 Å². The van der Waals surface area contributed by atoms with E-state index in [0.29, 0.717) is 0 Å². The van der Waals surface area contributed by atoms with Crippen molar-refractivity contribution in [2.75, 3.05) is 13.2 Å². The molecule has 0 aliphatic heterocycles. The van der Waals surface area contributed by atoms with E-state index in [-0.39, 0.29) is 6.61 Å². The molecule has 0 radical (unpaired) electrons. The molecule has 0 amide bonds. The second kappa shape index (κ2) is 5.06. The number of carbonyl (C=O) groups is 1. The van der Waals surface area contributed by atoms with Crippen LogP contribution in [-0.2, 0) is 9.53 Å². The van der Waals surface area contributed by atoms with E-state index in [1.165, 1.54) is 6.92 Å². The van der Waals surface area contributed by atoms with Gasteiger partial charge in [-0.25, -0.2) is 0 Å². The molecule has 0 saturated carbocycles. The van der Waals surface area contributed by atoms with Crippen LogP contribution in [0, 0.1) is 5.92 Å². The summed E-state index contributed by atoms with van der Waals surface area (Å²) in [5, 5.41) is 0.